The van der Waals surface area contributed by atoms with Crippen molar-refractivity contribution in [2.45, 2.75) is 309 Å². The number of unbranched alkanes of at least 4 members (excludes halogenated alkanes) is 32. The third-order valence-corrected chi connectivity index (χ3v) is 13.2. The molecule has 0 aliphatic rings. The Hall–Kier alpha value is -3.15. The van der Waals surface area contributed by atoms with E-state index in [0.29, 0.717) is 19.3 Å². The molecule has 0 bridgehead atoms. The molecule has 6 heteroatoms. The van der Waals surface area contributed by atoms with E-state index in [9.17, 15) is 14.4 Å². The molecule has 0 saturated carbocycles. The molecule has 0 saturated heterocycles. The zero-order valence-corrected chi connectivity index (χ0v) is 47.0. The molecule has 6 nitrogen and oxygen atoms in total. The molecular formula is C65H114O6. The Bertz CT molecular complexity index is 1320. The lowest BCUT2D eigenvalue weighted by Gasteiger charge is -2.18. The summed E-state index contributed by atoms with van der Waals surface area (Å²) in [5.41, 5.74) is 0. The van der Waals surface area contributed by atoms with E-state index in [-0.39, 0.29) is 31.1 Å². The number of hydrogen-bond acceptors (Lipinski definition) is 6. The van der Waals surface area contributed by atoms with Gasteiger partial charge in [-0.3, -0.25) is 14.4 Å². The van der Waals surface area contributed by atoms with Gasteiger partial charge < -0.3 is 14.2 Å². The first-order valence-corrected chi connectivity index (χ1v) is 30.4. The second-order valence-corrected chi connectivity index (χ2v) is 20.2. The minimum atomic E-state index is -0.795. The summed E-state index contributed by atoms with van der Waals surface area (Å²) >= 11 is 0. The van der Waals surface area contributed by atoms with E-state index < -0.39 is 6.10 Å². The van der Waals surface area contributed by atoms with E-state index in [1.54, 1.807) is 0 Å². The molecule has 0 aromatic heterocycles. The third-order valence-electron chi connectivity index (χ3n) is 13.2. The van der Waals surface area contributed by atoms with Gasteiger partial charge in [0.25, 0.3) is 0 Å². The van der Waals surface area contributed by atoms with Gasteiger partial charge in [0.15, 0.2) is 6.10 Å². The highest BCUT2D eigenvalue weighted by molar-refractivity contribution is 5.71. The van der Waals surface area contributed by atoms with E-state index in [1.807, 2.05) is 0 Å². The Morgan fingerprint density at radius 2 is 0.549 bits per heavy atom. The van der Waals surface area contributed by atoms with Gasteiger partial charge in [-0.05, 0) is 89.9 Å². The van der Waals surface area contributed by atoms with Crippen molar-refractivity contribution in [3.63, 3.8) is 0 Å². The van der Waals surface area contributed by atoms with Crippen molar-refractivity contribution >= 4 is 17.9 Å². The van der Waals surface area contributed by atoms with Crippen LogP contribution in [0.2, 0.25) is 0 Å². The highest BCUT2D eigenvalue weighted by Crippen LogP contribution is 2.16. The molecule has 0 spiro atoms. The second kappa shape index (κ2) is 59.4. The maximum atomic E-state index is 12.9. The van der Waals surface area contributed by atoms with Gasteiger partial charge >= 0.3 is 17.9 Å². The third kappa shape index (κ3) is 57.6. The monoisotopic (exact) mass is 991 g/mol. The maximum absolute atomic E-state index is 12.9. The van der Waals surface area contributed by atoms with Crippen molar-refractivity contribution in [2.24, 2.45) is 0 Å². The fraction of sp³-hybridized carbons (Fsp3) is 0.769. The number of allylic oxidation sites excluding steroid dienone is 12. The SMILES string of the molecule is CC/C=C\C/C=C\C/C=C\C/C=C\C/C=C\CCCCCC(=O)O[C@H](COC(=O)CCCCCCC/C=C\CCCCCCCC)COC(=O)CCCCCCCCCCCCCCCCCCCCC. The van der Waals surface area contributed by atoms with Crippen LogP contribution in [-0.2, 0) is 28.6 Å². The minimum Gasteiger partial charge on any atom is -0.462 e. The maximum Gasteiger partial charge on any atom is 0.306 e. The van der Waals surface area contributed by atoms with Crippen LogP contribution in [-0.4, -0.2) is 37.2 Å². The number of carbonyl (C=O) groups excluding carboxylic acids is 3. The fourth-order valence-corrected chi connectivity index (χ4v) is 8.64. The van der Waals surface area contributed by atoms with Gasteiger partial charge in [0.2, 0.25) is 0 Å². The summed E-state index contributed by atoms with van der Waals surface area (Å²) in [7, 11) is 0. The zero-order valence-electron chi connectivity index (χ0n) is 47.0. The molecule has 0 aromatic carbocycles. The van der Waals surface area contributed by atoms with Gasteiger partial charge in [-0.1, -0.05) is 267 Å². The Morgan fingerprint density at radius 3 is 0.887 bits per heavy atom. The largest absolute Gasteiger partial charge is 0.462 e. The highest BCUT2D eigenvalue weighted by atomic mass is 16.6. The first kappa shape index (κ1) is 67.8. The summed E-state index contributed by atoms with van der Waals surface area (Å²) < 4.78 is 16.9. The quantitative estimate of drug-likeness (QED) is 0.0261. The topological polar surface area (TPSA) is 78.9 Å². The van der Waals surface area contributed by atoms with Gasteiger partial charge in [0.1, 0.15) is 13.2 Å². The number of carbonyl (C=O) groups is 3. The minimum absolute atomic E-state index is 0.0888. The Labute approximate surface area is 440 Å². The predicted molar refractivity (Wildman–Crippen MR) is 307 cm³/mol. The molecule has 0 radical (unpaired) electrons. The summed E-state index contributed by atoms with van der Waals surface area (Å²) in [6.07, 6.45) is 76.1. The number of hydrogen-bond donors (Lipinski definition) is 0. The standard InChI is InChI=1S/C65H114O6/c1-4-7-10-13-16-19-22-25-28-30-32-34-37-40-43-46-49-52-55-58-64(67)70-61-62(60-69-63(66)57-54-51-48-45-42-39-36-27-24-21-18-15-12-9-6-3)71-65(68)59-56-53-50-47-44-41-38-35-33-31-29-26-23-20-17-14-11-8-5-2/h8,11,17,20,26-27,29,33,35-36,41,44,62H,4-7,9-10,12-16,18-19,21-25,28,30-32,34,37-40,42-43,45-61H2,1-3H3/b11-8-,20-17-,29-26-,35-33-,36-27-,44-41-/t62-/m1/s1. The molecule has 1 atom stereocenters. The summed E-state index contributed by atoms with van der Waals surface area (Å²) in [5.74, 6) is -0.917. The summed E-state index contributed by atoms with van der Waals surface area (Å²) in [4.78, 5) is 38.2. The highest BCUT2D eigenvalue weighted by Gasteiger charge is 2.19. The lowest BCUT2D eigenvalue weighted by atomic mass is 10.0. The molecule has 0 amide bonds. The number of esters is 3. The van der Waals surface area contributed by atoms with Crippen LogP contribution in [0.15, 0.2) is 72.9 Å². The van der Waals surface area contributed by atoms with Gasteiger partial charge in [-0.2, -0.15) is 0 Å². The second-order valence-electron chi connectivity index (χ2n) is 20.2. The molecule has 0 N–H and O–H groups in total. The van der Waals surface area contributed by atoms with Crippen LogP contribution >= 0.6 is 0 Å². The smallest absolute Gasteiger partial charge is 0.306 e. The Kier molecular flexibility index (Phi) is 56.8. The normalized spacial score (nSPS) is 12.5. The lowest BCUT2D eigenvalue weighted by Crippen LogP contribution is -2.30. The van der Waals surface area contributed by atoms with E-state index in [0.717, 1.165) is 103 Å². The summed E-state index contributed by atoms with van der Waals surface area (Å²) in [5, 5.41) is 0. The molecule has 0 aromatic rings. The average molecular weight is 992 g/mol. The molecular weight excluding hydrogens is 877 g/mol. The van der Waals surface area contributed by atoms with Crippen LogP contribution in [0.3, 0.4) is 0 Å². The lowest BCUT2D eigenvalue weighted by molar-refractivity contribution is -0.167. The molecule has 0 unspecified atom stereocenters. The molecule has 0 fully saturated rings. The van der Waals surface area contributed by atoms with Crippen LogP contribution < -0.4 is 0 Å². The molecule has 0 rings (SSSR count). The Balaban J connectivity index is 4.42. The van der Waals surface area contributed by atoms with Gasteiger partial charge in [-0.25, -0.2) is 0 Å². The van der Waals surface area contributed by atoms with Crippen molar-refractivity contribution in [3.8, 4) is 0 Å². The number of rotatable bonds is 55. The van der Waals surface area contributed by atoms with E-state index in [1.165, 1.54) is 161 Å². The molecule has 0 heterocycles. The van der Waals surface area contributed by atoms with E-state index >= 15 is 0 Å². The van der Waals surface area contributed by atoms with Crippen LogP contribution in [0.25, 0.3) is 0 Å². The van der Waals surface area contributed by atoms with Crippen LogP contribution in [0.1, 0.15) is 303 Å². The zero-order chi connectivity index (χ0) is 51.4. The molecule has 71 heavy (non-hydrogen) atoms. The first-order valence-electron chi connectivity index (χ1n) is 30.4. The summed E-state index contributed by atoms with van der Waals surface area (Å²) in [6, 6.07) is 0. The van der Waals surface area contributed by atoms with Gasteiger partial charge in [0.05, 0.1) is 0 Å². The van der Waals surface area contributed by atoms with Crippen LogP contribution in [0, 0.1) is 0 Å². The van der Waals surface area contributed by atoms with Crippen molar-refractivity contribution < 1.29 is 28.6 Å². The van der Waals surface area contributed by atoms with E-state index in [4.69, 9.17) is 14.2 Å². The first-order chi connectivity index (χ1) is 35.0. The van der Waals surface area contributed by atoms with Crippen molar-refractivity contribution in [1.29, 1.82) is 0 Å². The van der Waals surface area contributed by atoms with Crippen molar-refractivity contribution in [2.75, 3.05) is 13.2 Å². The van der Waals surface area contributed by atoms with E-state index in [2.05, 4.69) is 93.7 Å². The predicted octanol–water partition coefficient (Wildman–Crippen LogP) is 20.5. The van der Waals surface area contributed by atoms with Crippen LogP contribution in [0.4, 0.5) is 0 Å². The number of ether oxygens (including phenoxy) is 3. The Morgan fingerprint density at radius 1 is 0.296 bits per heavy atom. The molecule has 410 valence electrons. The van der Waals surface area contributed by atoms with Crippen molar-refractivity contribution in [1.82, 2.24) is 0 Å². The average Bonchev–Trinajstić information content (AvgIpc) is 3.37. The fourth-order valence-electron chi connectivity index (χ4n) is 8.64. The molecule has 0 aliphatic carbocycles. The molecule has 0 aliphatic heterocycles. The van der Waals surface area contributed by atoms with Crippen LogP contribution in [0.5, 0.6) is 0 Å². The van der Waals surface area contributed by atoms with Gasteiger partial charge in [-0.15, -0.1) is 0 Å². The summed E-state index contributed by atoms with van der Waals surface area (Å²) in [6.45, 7) is 6.52. The van der Waals surface area contributed by atoms with Gasteiger partial charge in [0, 0.05) is 19.3 Å². The van der Waals surface area contributed by atoms with Crippen molar-refractivity contribution in [3.05, 3.63) is 72.9 Å².